The van der Waals surface area contributed by atoms with Gasteiger partial charge in [0.25, 0.3) is 0 Å². The Hall–Kier alpha value is -2.12. The molecule has 0 aromatic carbocycles. The zero-order chi connectivity index (χ0) is 13.1. The summed E-state index contributed by atoms with van der Waals surface area (Å²) >= 11 is 0. The third-order valence-corrected chi connectivity index (χ3v) is 2.48. The summed E-state index contributed by atoms with van der Waals surface area (Å²) in [5, 5.41) is 5.74. The molecule has 1 aromatic heterocycles. The fourth-order valence-electron chi connectivity index (χ4n) is 1.34. The van der Waals surface area contributed by atoms with E-state index in [1.54, 1.807) is 6.92 Å². The minimum Gasteiger partial charge on any atom is -0.467 e. The molecule has 2 rings (SSSR count). The van der Waals surface area contributed by atoms with Gasteiger partial charge in [0, 0.05) is 6.04 Å². The lowest BCUT2D eigenvalue weighted by molar-refractivity contribution is -0.121. The summed E-state index contributed by atoms with van der Waals surface area (Å²) in [5.74, 6) is 0.174. The summed E-state index contributed by atoms with van der Waals surface area (Å²) in [6.07, 6.45) is 2.09. The molecule has 1 heterocycles. The highest BCUT2D eigenvalue weighted by molar-refractivity contribution is 5.84. The molecular formula is C10H16N6O2. The Labute approximate surface area is 104 Å². The van der Waals surface area contributed by atoms with Gasteiger partial charge in [-0.3, -0.25) is 4.79 Å². The number of amides is 1. The summed E-state index contributed by atoms with van der Waals surface area (Å²) in [5.41, 5.74) is 5.49. The second-order valence-corrected chi connectivity index (χ2v) is 4.15. The predicted octanol–water partition coefficient (Wildman–Crippen LogP) is -0.459. The highest BCUT2D eigenvalue weighted by Gasteiger charge is 2.25. The van der Waals surface area contributed by atoms with E-state index in [0.29, 0.717) is 6.04 Å². The number of nitrogens with one attached hydrogen (secondary N) is 2. The number of nitrogens with zero attached hydrogens (tertiary/aromatic N) is 3. The molecular weight excluding hydrogens is 236 g/mol. The molecule has 18 heavy (non-hydrogen) atoms. The molecule has 0 bridgehead atoms. The van der Waals surface area contributed by atoms with E-state index in [1.807, 2.05) is 0 Å². The first kappa shape index (κ1) is 12.3. The first-order chi connectivity index (χ1) is 8.58. The molecule has 0 radical (unpaired) electrons. The number of aromatic nitrogens is 3. The molecule has 1 aliphatic carbocycles. The van der Waals surface area contributed by atoms with Crippen LogP contribution in [0.5, 0.6) is 6.01 Å². The van der Waals surface area contributed by atoms with Gasteiger partial charge in [-0.25, -0.2) is 0 Å². The van der Waals surface area contributed by atoms with Gasteiger partial charge < -0.3 is 21.1 Å². The van der Waals surface area contributed by atoms with Crippen molar-refractivity contribution in [2.75, 3.05) is 18.2 Å². The number of carbonyl (C=O) groups is 1. The molecule has 0 aliphatic heterocycles. The summed E-state index contributed by atoms with van der Waals surface area (Å²) in [7, 11) is 1.43. The highest BCUT2D eigenvalue weighted by Crippen LogP contribution is 2.18. The third-order valence-electron chi connectivity index (χ3n) is 2.48. The number of ether oxygens (including phenoxy) is 1. The fraction of sp³-hybridized carbons (Fsp3) is 0.600. The smallest absolute Gasteiger partial charge is 0.322 e. The summed E-state index contributed by atoms with van der Waals surface area (Å²) in [4.78, 5) is 23.3. The number of nitrogens with two attached hydrogens (primary N) is 1. The molecule has 0 spiro atoms. The lowest BCUT2D eigenvalue weighted by Crippen LogP contribution is -2.39. The van der Waals surface area contributed by atoms with Crippen LogP contribution in [0.4, 0.5) is 11.9 Å². The Bertz CT molecular complexity index is 448. The van der Waals surface area contributed by atoms with Gasteiger partial charge in [-0.2, -0.15) is 15.0 Å². The standard InChI is InChI=1S/C10H16N6O2/c1-5(7(17)13-6-3-4-6)12-9-14-8(11)15-10(16-9)18-2/h5-6H,3-4H2,1-2H3,(H,13,17)(H3,11,12,14,15,16). The summed E-state index contributed by atoms with van der Waals surface area (Å²) in [6, 6.07) is -0.0170. The van der Waals surface area contributed by atoms with Gasteiger partial charge in [-0.1, -0.05) is 0 Å². The van der Waals surface area contributed by atoms with E-state index in [2.05, 4.69) is 25.6 Å². The number of anilines is 2. The first-order valence-corrected chi connectivity index (χ1v) is 5.71. The molecule has 1 fully saturated rings. The Kier molecular flexibility index (Phi) is 3.45. The van der Waals surface area contributed by atoms with E-state index in [-0.39, 0.29) is 23.8 Å². The van der Waals surface area contributed by atoms with Crippen LogP contribution in [0.15, 0.2) is 0 Å². The van der Waals surface area contributed by atoms with Crippen LogP contribution in [0.25, 0.3) is 0 Å². The minimum atomic E-state index is -0.447. The number of hydrogen-bond donors (Lipinski definition) is 3. The van der Waals surface area contributed by atoms with Crippen LogP contribution >= 0.6 is 0 Å². The molecule has 1 aromatic rings. The number of nitrogen functional groups attached to an aromatic ring is 1. The normalized spacial score (nSPS) is 15.9. The van der Waals surface area contributed by atoms with Gasteiger partial charge in [-0.05, 0) is 19.8 Å². The maximum atomic E-state index is 11.7. The van der Waals surface area contributed by atoms with Crippen LogP contribution in [-0.4, -0.2) is 40.1 Å². The lowest BCUT2D eigenvalue weighted by Gasteiger charge is -2.13. The van der Waals surface area contributed by atoms with Crippen molar-refractivity contribution in [3.05, 3.63) is 0 Å². The number of hydrogen-bond acceptors (Lipinski definition) is 7. The van der Waals surface area contributed by atoms with Crippen LogP contribution in [0.3, 0.4) is 0 Å². The van der Waals surface area contributed by atoms with Crippen molar-refractivity contribution in [3.8, 4) is 6.01 Å². The number of methoxy groups -OCH3 is 1. The van der Waals surface area contributed by atoms with Gasteiger partial charge in [0.15, 0.2) is 0 Å². The van der Waals surface area contributed by atoms with Crippen LogP contribution < -0.4 is 21.1 Å². The monoisotopic (exact) mass is 252 g/mol. The maximum Gasteiger partial charge on any atom is 0.322 e. The average molecular weight is 252 g/mol. The largest absolute Gasteiger partial charge is 0.467 e. The van der Waals surface area contributed by atoms with Crippen molar-refractivity contribution in [2.24, 2.45) is 0 Å². The molecule has 98 valence electrons. The van der Waals surface area contributed by atoms with Crippen LogP contribution in [-0.2, 0) is 4.79 Å². The second-order valence-electron chi connectivity index (χ2n) is 4.15. The van der Waals surface area contributed by atoms with Crippen molar-refractivity contribution < 1.29 is 9.53 Å². The molecule has 1 aliphatic rings. The van der Waals surface area contributed by atoms with Gasteiger partial charge in [0.1, 0.15) is 6.04 Å². The topological polar surface area (TPSA) is 115 Å². The Balaban J connectivity index is 1.98. The summed E-state index contributed by atoms with van der Waals surface area (Å²) in [6.45, 7) is 1.73. The quantitative estimate of drug-likeness (QED) is 0.649. The minimum absolute atomic E-state index is 0.0409. The zero-order valence-corrected chi connectivity index (χ0v) is 10.3. The van der Waals surface area contributed by atoms with Crippen molar-refractivity contribution in [3.63, 3.8) is 0 Å². The van der Waals surface area contributed by atoms with E-state index in [4.69, 9.17) is 10.5 Å². The van der Waals surface area contributed by atoms with Gasteiger partial charge in [0.2, 0.25) is 17.8 Å². The second kappa shape index (κ2) is 5.03. The highest BCUT2D eigenvalue weighted by atomic mass is 16.5. The van der Waals surface area contributed by atoms with Crippen LogP contribution in [0.2, 0.25) is 0 Å². The lowest BCUT2D eigenvalue weighted by atomic mass is 10.3. The van der Waals surface area contributed by atoms with Crippen molar-refractivity contribution in [2.45, 2.75) is 31.8 Å². The van der Waals surface area contributed by atoms with Gasteiger partial charge >= 0.3 is 6.01 Å². The SMILES string of the molecule is COc1nc(N)nc(NC(C)C(=O)NC2CC2)n1. The molecule has 1 unspecified atom stereocenters. The third kappa shape index (κ3) is 3.19. The molecule has 1 amide bonds. The van der Waals surface area contributed by atoms with E-state index in [9.17, 15) is 4.79 Å². The van der Waals surface area contributed by atoms with E-state index >= 15 is 0 Å². The van der Waals surface area contributed by atoms with Crippen LogP contribution in [0, 0.1) is 0 Å². The van der Waals surface area contributed by atoms with E-state index in [0.717, 1.165) is 12.8 Å². The molecule has 8 heteroatoms. The predicted molar refractivity (Wildman–Crippen MR) is 65.0 cm³/mol. The average Bonchev–Trinajstić information content (AvgIpc) is 3.11. The molecule has 8 nitrogen and oxygen atoms in total. The van der Waals surface area contributed by atoms with Crippen molar-refractivity contribution in [1.29, 1.82) is 0 Å². The zero-order valence-electron chi connectivity index (χ0n) is 10.3. The molecule has 0 saturated heterocycles. The van der Waals surface area contributed by atoms with Gasteiger partial charge in [-0.15, -0.1) is 0 Å². The number of carbonyl (C=O) groups excluding carboxylic acids is 1. The summed E-state index contributed by atoms with van der Waals surface area (Å²) < 4.78 is 4.87. The van der Waals surface area contributed by atoms with Gasteiger partial charge in [0.05, 0.1) is 7.11 Å². The maximum absolute atomic E-state index is 11.7. The Morgan fingerprint density at radius 3 is 2.78 bits per heavy atom. The Morgan fingerprint density at radius 1 is 1.44 bits per heavy atom. The van der Waals surface area contributed by atoms with Crippen LogP contribution in [0.1, 0.15) is 19.8 Å². The fourth-order valence-corrected chi connectivity index (χ4v) is 1.34. The van der Waals surface area contributed by atoms with Crippen molar-refractivity contribution >= 4 is 17.8 Å². The Morgan fingerprint density at radius 2 is 2.17 bits per heavy atom. The first-order valence-electron chi connectivity index (χ1n) is 5.71. The number of rotatable bonds is 5. The molecule has 1 saturated carbocycles. The van der Waals surface area contributed by atoms with E-state index < -0.39 is 6.04 Å². The molecule has 4 N–H and O–H groups in total. The van der Waals surface area contributed by atoms with E-state index in [1.165, 1.54) is 7.11 Å². The molecule has 1 atom stereocenters. The van der Waals surface area contributed by atoms with Crippen molar-refractivity contribution in [1.82, 2.24) is 20.3 Å².